The third kappa shape index (κ3) is 5.21. The lowest BCUT2D eigenvalue weighted by atomic mass is 10.1. The van der Waals surface area contributed by atoms with Gasteiger partial charge >= 0.3 is 5.97 Å². The number of carbonyl (C=O) groups excluding carboxylic acids is 2. The van der Waals surface area contributed by atoms with E-state index in [1.54, 1.807) is 24.3 Å². The number of ether oxygens (including phenoxy) is 1. The Morgan fingerprint density at radius 1 is 1.09 bits per heavy atom. The van der Waals surface area contributed by atoms with Crippen LogP contribution in [0.25, 0.3) is 0 Å². The molecule has 2 aromatic carbocycles. The van der Waals surface area contributed by atoms with E-state index in [2.05, 4.69) is 21.2 Å². The Labute approximate surface area is 144 Å². The molecule has 0 saturated carbocycles. The Kier molecular flexibility index (Phi) is 5.93. The molecule has 0 aliphatic heterocycles. The second-order valence-electron chi connectivity index (χ2n) is 5.28. The number of hydrogen-bond donors (Lipinski definition) is 1. The number of rotatable bonds is 5. The molecule has 1 N–H and O–H groups in total. The molecule has 0 aliphatic rings. The predicted octanol–water partition coefficient (Wildman–Crippen LogP) is 3.79. The van der Waals surface area contributed by atoms with E-state index in [-0.39, 0.29) is 18.6 Å². The molecule has 1 unspecified atom stereocenters. The van der Waals surface area contributed by atoms with E-state index in [1.807, 2.05) is 38.1 Å². The molecule has 1 atom stereocenters. The van der Waals surface area contributed by atoms with Crippen LogP contribution in [0.5, 0.6) is 0 Å². The van der Waals surface area contributed by atoms with Gasteiger partial charge in [0.25, 0.3) is 5.91 Å². The summed E-state index contributed by atoms with van der Waals surface area (Å²) in [4.78, 5) is 23.7. The molecule has 0 aliphatic carbocycles. The second-order valence-corrected chi connectivity index (χ2v) is 6.20. The lowest BCUT2D eigenvalue weighted by Gasteiger charge is -2.14. The number of nitrogens with one attached hydrogen (secondary N) is 1. The molecule has 23 heavy (non-hydrogen) atoms. The zero-order chi connectivity index (χ0) is 16.8. The van der Waals surface area contributed by atoms with Crippen molar-refractivity contribution in [2.45, 2.75) is 19.9 Å². The summed E-state index contributed by atoms with van der Waals surface area (Å²) in [6.45, 7) is 3.60. The van der Waals surface area contributed by atoms with Gasteiger partial charge in [0, 0.05) is 4.47 Å². The summed E-state index contributed by atoms with van der Waals surface area (Å²) in [5.74, 6) is -0.848. The van der Waals surface area contributed by atoms with Gasteiger partial charge in [0.2, 0.25) is 0 Å². The third-order valence-corrected chi connectivity index (χ3v) is 3.90. The van der Waals surface area contributed by atoms with E-state index in [4.69, 9.17) is 4.74 Å². The first kappa shape index (κ1) is 17.2. The maximum absolute atomic E-state index is 11.9. The fourth-order valence-corrected chi connectivity index (χ4v) is 2.29. The van der Waals surface area contributed by atoms with Crippen molar-refractivity contribution in [1.82, 2.24) is 5.32 Å². The van der Waals surface area contributed by atoms with Gasteiger partial charge in [-0.05, 0) is 43.7 Å². The van der Waals surface area contributed by atoms with Gasteiger partial charge in [-0.2, -0.15) is 0 Å². The van der Waals surface area contributed by atoms with Gasteiger partial charge in [-0.3, -0.25) is 4.79 Å². The number of benzene rings is 2. The summed E-state index contributed by atoms with van der Waals surface area (Å²) in [6, 6.07) is 14.5. The fourth-order valence-electron chi connectivity index (χ4n) is 2.02. The molecule has 2 rings (SSSR count). The quantitative estimate of drug-likeness (QED) is 0.808. The maximum Gasteiger partial charge on any atom is 0.338 e. The Bertz CT molecular complexity index is 680. The van der Waals surface area contributed by atoms with Crippen LogP contribution in [-0.2, 0) is 9.53 Å². The standard InChI is InChI=1S/C18H18BrNO3/c1-12-3-5-14(6-4-12)13(2)20-17(21)11-23-18(22)15-7-9-16(19)10-8-15/h3-10,13H,11H2,1-2H3,(H,20,21). The van der Waals surface area contributed by atoms with E-state index in [0.29, 0.717) is 5.56 Å². The van der Waals surface area contributed by atoms with Crippen LogP contribution in [0.1, 0.15) is 34.5 Å². The number of carbonyl (C=O) groups is 2. The molecule has 4 nitrogen and oxygen atoms in total. The maximum atomic E-state index is 11.9. The second kappa shape index (κ2) is 7.92. The van der Waals surface area contributed by atoms with Crippen molar-refractivity contribution in [3.05, 3.63) is 69.7 Å². The molecular formula is C18H18BrNO3. The van der Waals surface area contributed by atoms with Crippen molar-refractivity contribution in [2.24, 2.45) is 0 Å². The van der Waals surface area contributed by atoms with Crippen LogP contribution in [0.3, 0.4) is 0 Å². The minimum atomic E-state index is -0.518. The zero-order valence-corrected chi connectivity index (χ0v) is 14.6. The summed E-state index contributed by atoms with van der Waals surface area (Å²) >= 11 is 3.29. The van der Waals surface area contributed by atoms with E-state index < -0.39 is 5.97 Å². The van der Waals surface area contributed by atoms with Crippen molar-refractivity contribution in [2.75, 3.05) is 6.61 Å². The van der Waals surface area contributed by atoms with Crippen LogP contribution in [0.4, 0.5) is 0 Å². The van der Waals surface area contributed by atoms with E-state index in [1.165, 1.54) is 0 Å². The SMILES string of the molecule is Cc1ccc(C(C)NC(=O)COC(=O)c2ccc(Br)cc2)cc1. The van der Waals surface area contributed by atoms with Crippen LogP contribution in [0, 0.1) is 6.92 Å². The number of esters is 1. The molecule has 0 radical (unpaired) electrons. The summed E-state index contributed by atoms with van der Waals surface area (Å²) in [5.41, 5.74) is 2.58. The molecule has 0 fully saturated rings. The molecule has 1 amide bonds. The van der Waals surface area contributed by atoms with Crippen molar-refractivity contribution >= 4 is 27.8 Å². The topological polar surface area (TPSA) is 55.4 Å². The van der Waals surface area contributed by atoms with Gasteiger partial charge < -0.3 is 10.1 Å². The summed E-state index contributed by atoms with van der Waals surface area (Å²) in [7, 11) is 0. The van der Waals surface area contributed by atoms with Crippen LogP contribution in [-0.4, -0.2) is 18.5 Å². The van der Waals surface area contributed by atoms with E-state index >= 15 is 0 Å². The Morgan fingerprint density at radius 2 is 1.70 bits per heavy atom. The Morgan fingerprint density at radius 3 is 2.30 bits per heavy atom. The van der Waals surface area contributed by atoms with Crippen molar-refractivity contribution in [1.29, 1.82) is 0 Å². The molecule has 0 aromatic heterocycles. The van der Waals surface area contributed by atoms with E-state index in [0.717, 1.165) is 15.6 Å². The first-order valence-corrected chi connectivity index (χ1v) is 8.03. The van der Waals surface area contributed by atoms with Crippen LogP contribution in [0.15, 0.2) is 53.0 Å². The molecular weight excluding hydrogens is 358 g/mol. The lowest BCUT2D eigenvalue weighted by Crippen LogP contribution is -2.31. The minimum Gasteiger partial charge on any atom is -0.452 e. The molecule has 120 valence electrons. The highest BCUT2D eigenvalue weighted by Crippen LogP contribution is 2.13. The first-order valence-electron chi connectivity index (χ1n) is 7.24. The zero-order valence-electron chi connectivity index (χ0n) is 13.0. The van der Waals surface area contributed by atoms with Crippen LogP contribution >= 0.6 is 15.9 Å². The summed E-state index contributed by atoms with van der Waals surface area (Å²) in [5, 5.41) is 2.81. The predicted molar refractivity (Wildman–Crippen MR) is 92.2 cm³/mol. The van der Waals surface area contributed by atoms with Crippen molar-refractivity contribution < 1.29 is 14.3 Å². The van der Waals surface area contributed by atoms with Crippen LogP contribution < -0.4 is 5.32 Å². The number of hydrogen-bond acceptors (Lipinski definition) is 3. The number of aryl methyl sites for hydroxylation is 1. The molecule has 0 heterocycles. The van der Waals surface area contributed by atoms with Crippen molar-refractivity contribution in [3.63, 3.8) is 0 Å². The Hall–Kier alpha value is -2.14. The molecule has 2 aromatic rings. The third-order valence-electron chi connectivity index (χ3n) is 3.37. The van der Waals surface area contributed by atoms with Gasteiger partial charge in [-0.25, -0.2) is 4.79 Å². The number of halogens is 1. The molecule has 0 spiro atoms. The highest BCUT2D eigenvalue weighted by atomic mass is 79.9. The molecule has 0 saturated heterocycles. The minimum absolute atomic E-state index is 0.144. The largest absolute Gasteiger partial charge is 0.452 e. The Balaban J connectivity index is 1.83. The van der Waals surface area contributed by atoms with Gasteiger partial charge in [0.1, 0.15) is 0 Å². The highest BCUT2D eigenvalue weighted by molar-refractivity contribution is 9.10. The monoisotopic (exact) mass is 375 g/mol. The van der Waals surface area contributed by atoms with Gasteiger partial charge in [0.05, 0.1) is 11.6 Å². The summed E-state index contributed by atoms with van der Waals surface area (Å²) < 4.78 is 5.89. The van der Waals surface area contributed by atoms with Crippen LogP contribution in [0.2, 0.25) is 0 Å². The average Bonchev–Trinajstić information content (AvgIpc) is 2.54. The summed E-state index contributed by atoms with van der Waals surface area (Å²) in [6.07, 6.45) is 0. The lowest BCUT2D eigenvalue weighted by molar-refractivity contribution is -0.124. The van der Waals surface area contributed by atoms with Gasteiger partial charge in [-0.1, -0.05) is 45.8 Å². The number of amides is 1. The van der Waals surface area contributed by atoms with Gasteiger partial charge in [-0.15, -0.1) is 0 Å². The van der Waals surface area contributed by atoms with Gasteiger partial charge in [0.15, 0.2) is 6.61 Å². The molecule has 5 heteroatoms. The highest BCUT2D eigenvalue weighted by Gasteiger charge is 2.13. The first-order chi connectivity index (χ1) is 11.0. The molecule has 0 bridgehead atoms. The van der Waals surface area contributed by atoms with E-state index in [9.17, 15) is 9.59 Å². The fraction of sp³-hybridized carbons (Fsp3) is 0.222. The smallest absolute Gasteiger partial charge is 0.338 e. The normalized spacial score (nSPS) is 11.6. The van der Waals surface area contributed by atoms with Crippen molar-refractivity contribution in [3.8, 4) is 0 Å². The average molecular weight is 376 g/mol.